The standard InChI is InChI=1S/C18H21NO6/c1-18(2,3)25-17(23)19-9-5-6-13-10-12(7-8-15(20)21)11-14(24-4)16(13)22/h7-8,10-11,22H,9H2,1-4H3,(H,19,23)(H,20,21). The van der Waals surface area contributed by atoms with Gasteiger partial charge in [0, 0.05) is 6.08 Å². The number of carboxylic acid groups (broad SMARTS) is 1. The molecule has 0 aromatic heterocycles. The van der Waals surface area contributed by atoms with Gasteiger partial charge in [0.1, 0.15) is 5.60 Å². The lowest BCUT2D eigenvalue weighted by molar-refractivity contribution is -0.131. The minimum absolute atomic E-state index is 0.0197. The van der Waals surface area contributed by atoms with Crippen molar-refractivity contribution in [3.63, 3.8) is 0 Å². The fourth-order valence-corrected chi connectivity index (χ4v) is 1.71. The summed E-state index contributed by atoms with van der Waals surface area (Å²) < 4.78 is 10.1. The summed E-state index contributed by atoms with van der Waals surface area (Å²) in [6, 6.07) is 3.00. The quantitative estimate of drug-likeness (QED) is 0.570. The molecule has 0 atom stereocenters. The van der Waals surface area contributed by atoms with Crippen LogP contribution in [0.15, 0.2) is 18.2 Å². The molecule has 1 aromatic rings. The lowest BCUT2D eigenvalue weighted by Gasteiger charge is -2.19. The van der Waals surface area contributed by atoms with E-state index in [1.54, 1.807) is 20.8 Å². The average Bonchev–Trinajstić information content (AvgIpc) is 2.49. The number of carbonyl (C=O) groups excluding carboxylic acids is 1. The smallest absolute Gasteiger partial charge is 0.408 e. The van der Waals surface area contributed by atoms with Crippen molar-refractivity contribution in [3.8, 4) is 23.3 Å². The number of phenols is 1. The van der Waals surface area contributed by atoms with Crippen molar-refractivity contribution < 1.29 is 29.3 Å². The number of methoxy groups -OCH3 is 1. The molecule has 0 spiro atoms. The first-order chi connectivity index (χ1) is 11.6. The van der Waals surface area contributed by atoms with Gasteiger partial charge in [-0.15, -0.1) is 0 Å². The Bertz CT molecular complexity index is 734. The fourth-order valence-electron chi connectivity index (χ4n) is 1.71. The molecule has 7 nitrogen and oxygen atoms in total. The monoisotopic (exact) mass is 347 g/mol. The van der Waals surface area contributed by atoms with Crippen molar-refractivity contribution in [1.82, 2.24) is 5.32 Å². The summed E-state index contributed by atoms with van der Waals surface area (Å²) in [5.74, 6) is 4.29. The zero-order valence-corrected chi connectivity index (χ0v) is 14.5. The van der Waals surface area contributed by atoms with Crippen molar-refractivity contribution in [3.05, 3.63) is 29.3 Å². The molecule has 0 bridgehead atoms. The van der Waals surface area contributed by atoms with Crippen LogP contribution < -0.4 is 10.1 Å². The van der Waals surface area contributed by atoms with Crippen LogP contribution in [0.5, 0.6) is 11.5 Å². The number of alkyl carbamates (subject to hydrolysis) is 1. The van der Waals surface area contributed by atoms with E-state index in [1.165, 1.54) is 25.3 Å². The third-order valence-corrected chi connectivity index (χ3v) is 2.68. The molecular weight excluding hydrogens is 326 g/mol. The van der Waals surface area contributed by atoms with Crippen LogP contribution in [-0.2, 0) is 9.53 Å². The van der Waals surface area contributed by atoms with E-state index in [1.807, 2.05) is 0 Å². The Labute approximate surface area is 146 Å². The fraction of sp³-hybridized carbons (Fsp3) is 0.333. The van der Waals surface area contributed by atoms with Crippen LogP contribution in [0.4, 0.5) is 4.79 Å². The molecule has 0 saturated carbocycles. The summed E-state index contributed by atoms with van der Waals surface area (Å²) in [5.41, 5.74) is 0.144. The number of carboxylic acids is 1. The maximum atomic E-state index is 11.5. The van der Waals surface area contributed by atoms with E-state index in [0.717, 1.165) is 6.08 Å². The molecule has 1 aromatic carbocycles. The second kappa shape index (κ2) is 8.64. The van der Waals surface area contributed by atoms with E-state index in [9.17, 15) is 14.7 Å². The van der Waals surface area contributed by atoms with E-state index < -0.39 is 17.7 Å². The van der Waals surface area contributed by atoms with Gasteiger partial charge in [0.2, 0.25) is 0 Å². The first-order valence-corrected chi connectivity index (χ1v) is 7.40. The van der Waals surface area contributed by atoms with Crippen LogP contribution in [0.3, 0.4) is 0 Å². The molecule has 0 aliphatic carbocycles. The molecule has 7 heteroatoms. The molecule has 1 rings (SSSR count). The van der Waals surface area contributed by atoms with Crippen molar-refractivity contribution in [2.45, 2.75) is 26.4 Å². The largest absolute Gasteiger partial charge is 0.503 e. The number of benzene rings is 1. The van der Waals surface area contributed by atoms with Crippen molar-refractivity contribution >= 4 is 18.1 Å². The van der Waals surface area contributed by atoms with Gasteiger partial charge in [-0.25, -0.2) is 9.59 Å². The van der Waals surface area contributed by atoms with Gasteiger partial charge in [0.15, 0.2) is 11.5 Å². The molecule has 1 amide bonds. The number of aromatic hydroxyl groups is 1. The minimum Gasteiger partial charge on any atom is -0.503 e. The first kappa shape index (κ1) is 19.9. The van der Waals surface area contributed by atoms with Crippen LogP contribution in [0.2, 0.25) is 0 Å². The van der Waals surface area contributed by atoms with Crippen LogP contribution in [0, 0.1) is 11.8 Å². The van der Waals surface area contributed by atoms with Gasteiger partial charge < -0.3 is 25.0 Å². The van der Waals surface area contributed by atoms with E-state index in [-0.39, 0.29) is 23.6 Å². The maximum Gasteiger partial charge on any atom is 0.408 e. The molecule has 0 radical (unpaired) electrons. The molecule has 3 N–H and O–H groups in total. The highest BCUT2D eigenvalue weighted by Gasteiger charge is 2.15. The highest BCUT2D eigenvalue weighted by molar-refractivity contribution is 5.85. The SMILES string of the molecule is COc1cc(C=CC(=O)O)cc(C#CCNC(=O)OC(C)(C)C)c1O. The highest BCUT2D eigenvalue weighted by atomic mass is 16.6. The molecular formula is C18H21NO6. The summed E-state index contributed by atoms with van der Waals surface area (Å²) in [5, 5.41) is 21.2. The van der Waals surface area contributed by atoms with Gasteiger partial charge in [-0.05, 0) is 44.5 Å². The normalized spacial score (nSPS) is 10.7. The number of hydrogen-bond acceptors (Lipinski definition) is 5. The second-order valence-corrected chi connectivity index (χ2v) is 5.95. The summed E-state index contributed by atoms with van der Waals surface area (Å²) in [6.45, 7) is 5.27. The van der Waals surface area contributed by atoms with Crippen molar-refractivity contribution in [1.29, 1.82) is 0 Å². The highest BCUT2D eigenvalue weighted by Crippen LogP contribution is 2.31. The Hall–Kier alpha value is -3.14. The topological polar surface area (TPSA) is 105 Å². The Kier molecular flexibility index (Phi) is 6.88. The number of ether oxygens (including phenoxy) is 2. The van der Waals surface area contributed by atoms with E-state index in [4.69, 9.17) is 14.6 Å². The van der Waals surface area contributed by atoms with Gasteiger partial charge in [0.05, 0.1) is 19.2 Å². The molecule has 0 saturated heterocycles. The zero-order chi connectivity index (χ0) is 19.0. The summed E-state index contributed by atoms with van der Waals surface area (Å²) in [4.78, 5) is 22.1. The molecule has 25 heavy (non-hydrogen) atoms. The summed E-state index contributed by atoms with van der Waals surface area (Å²) in [7, 11) is 1.38. The molecule has 0 heterocycles. The van der Waals surface area contributed by atoms with Crippen LogP contribution >= 0.6 is 0 Å². The van der Waals surface area contributed by atoms with Crippen molar-refractivity contribution in [2.24, 2.45) is 0 Å². The molecule has 0 fully saturated rings. The third-order valence-electron chi connectivity index (χ3n) is 2.68. The van der Waals surface area contributed by atoms with Crippen LogP contribution in [-0.4, -0.2) is 41.5 Å². The first-order valence-electron chi connectivity index (χ1n) is 7.40. The maximum absolute atomic E-state index is 11.5. The van der Waals surface area contributed by atoms with Crippen LogP contribution in [0.1, 0.15) is 31.9 Å². The lowest BCUT2D eigenvalue weighted by Crippen LogP contribution is -2.32. The Balaban J connectivity index is 2.89. The molecule has 0 aliphatic heterocycles. The zero-order valence-electron chi connectivity index (χ0n) is 14.5. The number of amides is 1. The third kappa shape index (κ3) is 7.31. The van der Waals surface area contributed by atoms with Gasteiger partial charge >= 0.3 is 12.1 Å². The lowest BCUT2D eigenvalue weighted by atomic mass is 10.1. The van der Waals surface area contributed by atoms with Gasteiger partial charge in [-0.1, -0.05) is 11.8 Å². The van der Waals surface area contributed by atoms with E-state index in [2.05, 4.69) is 17.2 Å². The van der Waals surface area contributed by atoms with Gasteiger partial charge in [-0.3, -0.25) is 0 Å². The number of carbonyl (C=O) groups is 2. The number of nitrogens with one attached hydrogen (secondary N) is 1. The van der Waals surface area contributed by atoms with E-state index >= 15 is 0 Å². The Morgan fingerprint density at radius 1 is 1.32 bits per heavy atom. The average molecular weight is 347 g/mol. The summed E-state index contributed by atoms with van der Waals surface area (Å²) >= 11 is 0. The molecule has 0 aliphatic rings. The van der Waals surface area contributed by atoms with Crippen molar-refractivity contribution in [2.75, 3.05) is 13.7 Å². The van der Waals surface area contributed by atoms with Crippen LogP contribution in [0.25, 0.3) is 6.08 Å². The second-order valence-electron chi connectivity index (χ2n) is 5.95. The van der Waals surface area contributed by atoms with Gasteiger partial charge in [0.25, 0.3) is 0 Å². The predicted octanol–water partition coefficient (Wildman–Crippen LogP) is 2.37. The predicted molar refractivity (Wildman–Crippen MR) is 92.4 cm³/mol. The molecule has 0 unspecified atom stereocenters. The number of phenolic OH excluding ortho intramolecular Hbond substituents is 1. The number of hydrogen-bond donors (Lipinski definition) is 3. The Morgan fingerprint density at radius 3 is 2.56 bits per heavy atom. The summed E-state index contributed by atoms with van der Waals surface area (Å²) in [6.07, 6.45) is 1.73. The number of rotatable bonds is 4. The Morgan fingerprint density at radius 2 is 2.00 bits per heavy atom. The molecule has 134 valence electrons. The van der Waals surface area contributed by atoms with E-state index in [0.29, 0.717) is 5.56 Å². The van der Waals surface area contributed by atoms with Gasteiger partial charge in [-0.2, -0.15) is 0 Å². The number of aliphatic carboxylic acids is 1. The minimum atomic E-state index is -1.10.